The molecule has 1 fully saturated rings. The first-order chi connectivity index (χ1) is 10.7. The molecule has 0 saturated heterocycles. The molecular weight excluding hydrogens is 296 g/mol. The molecule has 2 heterocycles. The van der Waals surface area contributed by atoms with Crippen LogP contribution in [0.15, 0.2) is 12.4 Å². The Balaban J connectivity index is 1.78. The zero-order valence-electron chi connectivity index (χ0n) is 13.3. The van der Waals surface area contributed by atoms with E-state index in [-0.39, 0.29) is 6.10 Å². The van der Waals surface area contributed by atoms with Crippen LogP contribution in [0.1, 0.15) is 30.6 Å². The largest absolute Gasteiger partial charge is 0.474 e. The first-order valence-electron chi connectivity index (χ1n) is 7.94. The minimum atomic E-state index is 0.247. The third kappa shape index (κ3) is 3.39. The molecule has 0 amide bonds. The van der Waals surface area contributed by atoms with E-state index in [1.807, 2.05) is 0 Å². The molecule has 0 radical (unpaired) electrons. The first-order valence-corrected chi connectivity index (χ1v) is 8.75. The fraction of sp³-hybridized carbons (Fsp3) is 0.625. The average Bonchev–Trinajstić information content (AvgIpc) is 2.91. The molecule has 5 nitrogen and oxygen atoms in total. The minimum Gasteiger partial charge on any atom is -0.474 e. The Bertz CT molecular complexity index is 628. The summed E-state index contributed by atoms with van der Waals surface area (Å²) in [6, 6.07) is 2.74. The molecule has 0 spiro atoms. The van der Waals surface area contributed by atoms with E-state index in [9.17, 15) is 0 Å². The van der Waals surface area contributed by atoms with Crippen molar-refractivity contribution in [3.8, 4) is 5.88 Å². The van der Waals surface area contributed by atoms with Gasteiger partial charge in [0.1, 0.15) is 17.3 Å². The summed E-state index contributed by atoms with van der Waals surface area (Å²) < 4.78 is 6.24. The number of aromatic nitrogens is 2. The van der Waals surface area contributed by atoms with Crippen molar-refractivity contribution in [1.29, 1.82) is 0 Å². The number of fused-ring (bicyclic) bond motifs is 1. The molecular formula is C16H24N4OS. The molecule has 1 aliphatic carbocycles. The summed E-state index contributed by atoms with van der Waals surface area (Å²) >= 11 is 1.68. The van der Waals surface area contributed by atoms with E-state index in [4.69, 9.17) is 10.5 Å². The van der Waals surface area contributed by atoms with E-state index in [1.54, 1.807) is 17.7 Å². The quantitative estimate of drug-likeness (QED) is 0.917. The summed E-state index contributed by atoms with van der Waals surface area (Å²) in [7, 11) is 4.29. The van der Waals surface area contributed by atoms with Crippen LogP contribution in [0.3, 0.4) is 0 Å². The molecule has 22 heavy (non-hydrogen) atoms. The summed E-state index contributed by atoms with van der Waals surface area (Å²) in [6.07, 6.45) is 7.37. The zero-order valence-corrected chi connectivity index (χ0v) is 14.1. The molecule has 2 aromatic heterocycles. The maximum Gasteiger partial charge on any atom is 0.225 e. The molecule has 6 heteroatoms. The minimum absolute atomic E-state index is 0.247. The second-order valence-electron chi connectivity index (χ2n) is 6.17. The molecule has 1 saturated carbocycles. The number of nitrogens with two attached hydrogens (primary N) is 1. The smallest absolute Gasteiger partial charge is 0.225 e. The highest BCUT2D eigenvalue weighted by Gasteiger charge is 2.25. The second-order valence-corrected chi connectivity index (χ2v) is 7.29. The van der Waals surface area contributed by atoms with Crippen LogP contribution in [0.2, 0.25) is 0 Å². The number of rotatable bonds is 5. The van der Waals surface area contributed by atoms with Crippen LogP contribution in [0, 0.1) is 0 Å². The number of ether oxygens (including phenoxy) is 1. The van der Waals surface area contributed by atoms with Crippen LogP contribution in [0.5, 0.6) is 5.88 Å². The fourth-order valence-corrected chi connectivity index (χ4v) is 4.10. The van der Waals surface area contributed by atoms with Gasteiger partial charge in [-0.15, -0.1) is 11.3 Å². The van der Waals surface area contributed by atoms with Crippen LogP contribution in [0.25, 0.3) is 10.2 Å². The van der Waals surface area contributed by atoms with Gasteiger partial charge in [-0.3, -0.25) is 0 Å². The predicted molar refractivity (Wildman–Crippen MR) is 90.5 cm³/mol. The molecule has 2 aromatic rings. The van der Waals surface area contributed by atoms with E-state index >= 15 is 0 Å². The number of hydrogen-bond donors (Lipinski definition) is 1. The summed E-state index contributed by atoms with van der Waals surface area (Å²) in [4.78, 5) is 13.3. The Morgan fingerprint density at radius 3 is 3.00 bits per heavy atom. The molecule has 0 aliphatic heterocycles. The summed E-state index contributed by atoms with van der Waals surface area (Å²) in [5.74, 6) is 0.730. The van der Waals surface area contributed by atoms with Gasteiger partial charge in [-0.2, -0.15) is 0 Å². The highest BCUT2D eigenvalue weighted by Crippen LogP contribution is 2.32. The van der Waals surface area contributed by atoms with Crippen molar-refractivity contribution in [1.82, 2.24) is 14.9 Å². The predicted octanol–water partition coefficient (Wildman–Crippen LogP) is 2.44. The topological polar surface area (TPSA) is 64.3 Å². The van der Waals surface area contributed by atoms with Crippen LogP contribution in [-0.4, -0.2) is 47.7 Å². The normalized spacial score (nSPS) is 22.4. The van der Waals surface area contributed by atoms with Gasteiger partial charge in [-0.25, -0.2) is 9.97 Å². The Hall–Kier alpha value is -1.24. The van der Waals surface area contributed by atoms with Crippen LogP contribution in [-0.2, 0) is 6.42 Å². The second kappa shape index (κ2) is 6.89. The van der Waals surface area contributed by atoms with Gasteiger partial charge in [0.15, 0.2) is 0 Å². The lowest BCUT2D eigenvalue weighted by Gasteiger charge is -2.33. The van der Waals surface area contributed by atoms with Gasteiger partial charge in [0.25, 0.3) is 0 Å². The van der Waals surface area contributed by atoms with E-state index in [2.05, 4.69) is 35.0 Å². The maximum atomic E-state index is 6.24. The Morgan fingerprint density at radius 2 is 2.23 bits per heavy atom. The van der Waals surface area contributed by atoms with E-state index in [0.717, 1.165) is 35.4 Å². The van der Waals surface area contributed by atoms with Crippen molar-refractivity contribution in [3.63, 3.8) is 0 Å². The van der Waals surface area contributed by atoms with Gasteiger partial charge < -0.3 is 15.4 Å². The maximum absolute atomic E-state index is 6.24. The first kappa shape index (κ1) is 15.6. The third-order valence-electron chi connectivity index (χ3n) is 4.34. The van der Waals surface area contributed by atoms with Crippen molar-refractivity contribution in [3.05, 3.63) is 17.3 Å². The van der Waals surface area contributed by atoms with Gasteiger partial charge in [0.05, 0.1) is 5.39 Å². The Kier molecular flexibility index (Phi) is 4.90. The van der Waals surface area contributed by atoms with Gasteiger partial charge in [0, 0.05) is 10.9 Å². The van der Waals surface area contributed by atoms with Gasteiger partial charge >= 0.3 is 0 Å². The summed E-state index contributed by atoms with van der Waals surface area (Å²) in [5.41, 5.74) is 5.65. The molecule has 3 rings (SSSR count). The molecule has 0 aromatic carbocycles. The SMILES string of the molecule is CN(C)[C@@H]1CCC[C@@H](Oc2ncnc3sc(CCN)cc23)C1. The van der Waals surface area contributed by atoms with Gasteiger partial charge in [-0.05, 0) is 58.8 Å². The lowest BCUT2D eigenvalue weighted by molar-refractivity contribution is 0.0978. The fourth-order valence-electron chi connectivity index (χ4n) is 3.10. The van der Waals surface area contributed by atoms with Crippen molar-refractivity contribution in [2.75, 3.05) is 20.6 Å². The molecule has 0 bridgehead atoms. The highest BCUT2D eigenvalue weighted by molar-refractivity contribution is 7.18. The Labute approximate surface area is 135 Å². The van der Waals surface area contributed by atoms with Crippen molar-refractivity contribution < 1.29 is 4.74 Å². The van der Waals surface area contributed by atoms with E-state index in [0.29, 0.717) is 12.6 Å². The monoisotopic (exact) mass is 320 g/mol. The zero-order chi connectivity index (χ0) is 15.5. The standard InChI is InChI=1S/C16H24N4OS/c1-20(2)11-4-3-5-12(8-11)21-15-14-9-13(6-7-17)22-16(14)19-10-18-15/h9-12H,3-8,17H2,1-2H3/t11-,12-/m1/s1. The van der Waals surface area contributed by atoms with Crippen LogP contribution >= 0.6 is 11.3 Å². The van der Waals surface area contributed by atoms with E-state index < -0.39 is 0 Å². The number of hydrogen-bond acceptors (Lipinski definition) is 6. The number of thiophene rings is 1. The summed E-state index contributed by atoms with van der Waals surface area (Å²) in [5, 5.41) is 1.03. The highest BCUT2D eigenvalue weighted by atomic mass is 32.1. The molecule has 1 aliphatic rings. The van der Waals surface area contributed by atoms with Crippen molar-refractivity contribution in [2.45, 2.75) is 44.2 Å². The van der Waals surface area contributed by atoms with Crippen LogP contribution in [0.4, 0.5) is 0 Å². The van der Waals surface area contributed by atoms with Crippen molar-refractivity contribution >= 4 is 21.6 Å². The van der Waals surface area contributed by atoms with Crippen LogP contribution < -0.4 is 10.5 Å². The average molecular weight is 320 g/mol. The third-order valence-corrected chi connectivity index (χ3v) is 5.44. The molecule has 120 valence electrons. The number of nitrogens with zero attached hydrogens (tertiary/aromatic N) is 3. The summed E-state index contributed by atoms with van der Waals surface area (Å²) in [6.45, 7) is 0.656. The molecule has 2 atom stereocenters. The van der Waals surface area contributed by atoms with Gasteiger partial charge in [0.2, 0.25) is 5.88 Å². The van der Waals surface area contributed by atoms with E-state index in [1.165, 1.54) is 17.7 Å². The van der Waals surface area contributed by atoms with Gasteiger partial charge in [-0.1, -0.05) is 0 Å². The lowest BCUT2D eigenvalue weighted by Crippen LogP contribution is -2.37. The molecule has 2 N–H and O–H groups in total. The Morgan fingerprint density at radius 1 is 1.36 bits per heavy atom. The molecule has 0 unspecified atom stereocenters. The lowest BCUT2D eigenvalue weighted by atomic mass is 9.92. The van der Waals surface area contributed by atoms with Crippen molar-refractivity contribution in [2.24, 2.45) is 5.73 Å².